The number of hydrogen-bond donors (Lipinski definition) is 0. The van der Waals surface area contributed by atoms with Crippen LogP contribution in [0.15, 0.2) is 4.34 Å². The van der Waals surface area contributed by atoms with E-state index in [1.165, 1.54) is 11.3 Å². The van der Waals surface area contributed by atoms with E-state index in [9.17, 15) is 4.55 Å². The van der Waals surface area contributed by atoms with E-state index >= 15 is 0 Å². The molecule has 0 aliphatic heterocycles. The molecule has 0 amide bonds. The van der Waals surface area contributed by atoms with Crippen molar-refractivity contribution in [2.75, 3.05) is 13.4 Å². The van der Waals surface area contributed by atoms with Crippen molar-refractivity contribution in [2.45, 2.75) is 29.7 Å². The summed E-state index contributed by atoms with van der Waals surface area (Å²) in [6.45, 7) is 0.441. The second kappa shape index (κ2) is 4.73. The molecule has 0 aromatic carbocycles. The molecule has 2 heterocycles. The number of rotatable bonds is 4. The van der Waals surface area contributed by atoms with Gasteiger partial charge in [-0.05, 0) is 12.8 Å². The molecule has 18 heavy (non-hydrogen) atoms. The van der Waals surface area contributed by atoms with Gasteiger partial charge in [0.05, 0.1) is 12.3 Å². The highest BCUT2D eigenvalue weighted by Crippen LogP contribution is 2.39. The first kappa shape index (κ1) is 12.3. The lowest BCUT2D eigenvalue weighted by Crippen LogP contribution is -2.00. The molecule has 1 saturated carbocycles. The van der Waals surface area contributed by atoms with Gasteiger partial charge in [0, 0.05) is 24.2 Å². The number of hydrogen-bond acceptors (Lipinski definition) is 6. The second-order valence-electron chi connectivity index (χ2n) is 4.32. The van der Waals surface area contributed by atoms with Gasteiger partial charge in [-0.1, -0.05) is 11.3 Å². The van der Waals surface area contributed by atoms with Gasteiger partial charge in [0.25, 0.3) is 0 Å². The quantitative estimate of drug-likeness (QED) is 0.801. The van der Waals surface area contributed by atoms with E-state index in [0.29, 0.717) is 22.5 Å². The third kappa shape index (κ3) is 2.23. The van der Waals surface area contributed by atoms with Crippen LogP contribution in [0.1, 0.15) is 30.3 Å². The molecular formula is C11H13N3O2S2. The number of nitrogens with zero attached hydrogens (tertiary/aromatic N) is 3. The van der Waals surface area contributed by atoms with Gasteiger partial charge in [-0.3, -0.25) is 0 Å². The summed E-state index contributed by atoms with van der Waals surface area (Å²) < 4.78 is 18.2. The Morgan fingerprint density at radius 2 is 2.17 bits per heavy atom. The largest absolute Gasteiger partial charge is 0.610 e. The summed E-state index contributed by atoms with van der Waals surface area (Å²) in [5.41, 5.74) is 1.52. The summed E-state index contributed by atoms with van der Waals surface area (Å²) in [5, 5.41) is 0. The minimum Gasteiger partial charge on any atom is -0.610 e. The van der Waals surface area contributed by atoms with Crippen LogP contribution in [0.5, 0.6) is 0 Å². The summed E-state index contributed by atoms with van der Waals surface area (Å²) in [6.07, 6.45) is 3.92. The lowest BCUT2D eigenvalue weighted by molar-refractivity contribution is 0.182. The van der Waals surface area contributed by atoms with Crippen molar-refractivity contribution < 1.29 is 9.29 Å². The zero-order chi connectivity index (χ0) is 12.7. The van der Waals surface area contributed by atoms with Gasteiger partial charge >= 0.3 is 4.34 Å². The second-order valence-corrected chi connectivity index (χ2v) is 6.87. The van der Waals surface area contributed by atoms with Crippen LogP contribution in [0.2, 0.25) is 0 Å². The summed E-state index contributed by atoms with van der Waals surface area (Å²) in [6, 6.07) is 0. The van der Waals surface area contributed by atoms with E-state index < -0.39 is 11.2 Å². The smallest absolute Gasteiger partial charge is 0.303 e. The molecule has 96 valence electrons. The Balaban J connectivity index is 2.13. The molecule has 0 N–H and O–H groups in total. The fourth-order valence-corrected chi connectivity index (χ4v) is 3.41. The van der Waals surface area contributed by atoms with Gasteiger partial charge < -0.3 is 9.29 Å². The summed E-state index contributed by atoms with van der Waals surface area (Å²) in [4.78, 5) is 13.4. The Labute approximate surface area is 112 Å². The molecule has 1 unspecified atom stereocenters. The Morgan fingerprint density at radius 3 is 2.78 bits per heavy atom. The molecule has 2 aromatic rings. The average molecular weight is 283 g/mol. The van der Waals surface area contributed by atoms with Crippen LogP contribution < -0.4 is 0 Å². The maximum atomic E-state index is 11.5. The van der Waals surface area contributed by atoms with Crippen LogP contribution in [0.25, 0.3) is 10.3 Å². The third-order valence-corrected chi connectivity index (χ3v) is 5.22. The van der Waals surface area contributed by atoms with E-state index in [1.807, 2.05) is 0 Å². The van der Waals surface area contributed by atoms with Gasteiger partial charge in [-0.2, -0.15) is 4.98 Å². The standard InChI is InChI=1S/C11H13N3O2S2/c1-16-5-7-8-10(14-11(17-8)18(2)15)13-9(12-7)6-3-4-6/h6H,3-5H2,1-2H3. The number of methoxy groups -OCH3 is 1. The van der Waals surface area contributed by atoms with Crippen molar-refractivity contribution in [1.29, 1.82) is 0 Å². The minimum atomic E-state index is -1.08. The van der Waals surface area contributed by atoms with Crippen LogP contribution >= 0.6 is 11.3 Å². The van der Waals surface area contributed by atoms with Gasteiger partial charge in [0.15, 0.2) is 5.65 Å². The maximum absolute atomic E-state index is 11.5. The fraction of sp³-hybridized carbons (Fsp3) is 0.545. The Hall–Kier alpha value is -0.760. The van der Waals surface area contributed by atoms with Crippen molar-refractivity contribution in [3.05, 3.63) is 11.5 Å². The van der Waals surface area contributed by atoms with Crippen LogP contribution in [-0.2, 0) is 22.5 Å². The lowest BCUT2D eigenvalue weighted by atomic mass is 10.3. The molecule has 3 rings (SSSR count). The normalized spacial score (nSPS) is 17.3. The SMILES string of the molecule is COCc1nc(C2CC2)nc2nc([S+](C)[O-])sc12. The van der Waals surface area contributed by atoms with E-state index in [-0.39, 0.29) is 0 Å². The molecule has 0 saturated heterocycles. The zero-order valence-corrected chi connectivity index (χ0v) is 11.8. The molecular weight excluding hydrogens is 270 g/mol. The molecule has 0 radical (unpaired) electrons. The molecule has 1 aliphatic rings. The highest BCUT2D eigenvalue weighted by atomic mass is 32.2. The summed E-state index contributed by atoms with van der Waals surface area (Å²) in [7, 11) is 1.64. The van der Waals surface area contributed by atoms with Crippen molar-refractivity contribution in [1.82, 2.24) is 15.0 Å². The maximum Gasteiger partial charge on any atom is 0.303 e. The Bertz CT molecular complexity index is 581. The highest BCUT2D eigenvalue weighted by Gasteiger charge is 2.28. The van der Waals surface area contributed by atoms with Crippen molar-refractivity contribution in [2.24, 2.45) is 0 Å². The van der Waals surface area contributed by atoms with Crippen LogP contribution in [0, 0.1) is 0 Å². The monoisotopic (exact) mass is 283 g/mol. The van der Waals surface area contributed by atoms with Gasteiger partial charge in [0.1, 0.15) is 16.8 Å². The first-order valence-electron chi connectivity index (χ1n) is 5.68. The molecule has 0 spiro atoms. The van der Waals surface area contributed by atoms with Crippen LogP contribution in [0.3, 0.4) is 0 Å². The van der Waals surface area contributed by atoms with Gasteiger partial charge in [0.2, 0.25) is 0 Å². The van der Waals surface area contributed by atoms with Gasteiger partial charge in [-0.25, -0.2) is 9.97 Å². The van der Waals surface area contributed by atoms with E-state index in [0.717, 1.165) is 29.1 Å². The number of fused-ring (bicyclic) bond motifs is 1. The van der Waals surface area contributed by atoms with Crippen LogP contribution in [0.4, 0.5) is 0 Å². The first-order valence-corrected chi connectivity index (χ1v) is 8.06. The topological polar surface area (TPSA) is 71.0 Å². The minimum absolute atomic E-state index is 0.441. The van der Waals surface area contributed by atoms with Crippen molar-refractivity contribution in [3.8, 4) is 0 Å². The molecule has 7 heteroatoms. The molecule has 1 aliphatic carbocycles. The lowest BCUT2D eigenvalue weighted by Gasteiger charge is -2.02. The van der Waals surface area contributed by atoms with E-state index in [2.05, 4.69) is 15.0 Å². The highest BCUT2D eigenvalue weighted by molar-refractivity contribution is 7.92. The first-order chi connectivity index (χ1) is 8.69. The van der Waals surface area contributed by atoms with E-state index in [4.69, 9.17) is 4.74 Å². The number of thiazole rings is 1. The third-order valence-electron chi connectivity index (χ3n) is 2.79. The predicted molar refractivity (Wildman–Crippen MR) is 70.2 cm³/mol. The Morgan fingerprint density at radius 1 is 1.39 bits per heavy atom. The van der Waals surface area contributed by atoms with Crippen molar-refractivity contribution in [3.63, 3.8) is 0 Å². The van der Waals surface area contributed by atoms with Crippen LogP contribution in [-0.4, -0.2) is 32.9 Å². The Kier molecular flexibility index (Phi) is 3.23. The van der Waals surface area contributed by atoms with Crippen molar-refractivity contribution >= 4 is 32.9 Å². The summed E-state index contributed by atoms with van der Waals surface area (Å²) >= 11 is 0.320. The molecule has 1 fully saturated rings. The fourth-order valence-electron chi connectivity index (χ4n) is 1.76. The molecule has 5 nitrogen and oxygen atoms in total. The van der Waals surface area contributed by atoms with E-state index in [1.54, 1.807) is 13.4 Å². The molecule has 0 bridgehead atoms. The zero-order valence-electron chi connectivity index (χ0n) is 10.2. The average Bonchev–Trinajstić information content (AvgIpc) is 3.08. The van der Waals surface area contributed by atoms with Gasteiger partial charge in [-0.15, -0.1) is 0 Å². The molecule has 1 atom stereocenters. The predicted octanol–water partition coefficient (Wildman–Crippen LogP) is 1.85. The molecule has 2 aromatic heterocycles. The number of aromatic nitrogens is 3. The summed E-state index contributed by atoms with van der Waals surface area (Å²) in [5.74, 6) is 1.33. The number of ether oxygens (including phenoxy) is 1.